The number of nitrogens with one attached hydrogen (secondary N) is 2. The molecule has 11 heteroatoms. The van der Waals surface area contributed by atoms with Gasteiger partial charge in [-0.3, -0.25) is 4.79 Å². The number of imidazole rings is 1. The number of aliphatic carboxylic acids is 1. The minimum Gasteiger partial charge on any atom is -0.481 e. The van der Waals surface area contributed by atoms with Crippen molar-refractivity contribution in [1.82, 2.24) is 15.3 Å². The van der Waals surface area contributed by atoms with Crippen LogP contribution in [0.5, 0.6) is 5.75 Å². The van der Waals surface area contributed by atoms with Gasteiger partial charge >= 0.3 is 12.1 Å². The van der Waals surface area contributed by atoms with E-state index in [1.807, 2.05) is 0 Å². The number of benzene rings is 3. The number of halogens is 4. The molecule has 0 saturated carbocycles. The number of carboxylic acids is 1. The van der Waals surface area contributed by atoms with Crippen LogP contribution in [-0.2, 0) is 17.4 Å². The number of nitrogens with zero attached hydrogens (tertiary/aromatic N) is 2. The van der Waals surface area contributed by atoms with Gasteiger partial charge in [0, 0.05) is 6.20 Å². The number of amidine groups is 1. The third kappa shape index (κ3) is 5.30. The van der Waals surface area contributed by atoms with Gasteiger partial charge in [-0.2, -0.15) is 13.2 Å². The number of carboxylic acid groups (broad SMARTS) is 1. The van der Waals surface area contributed by atoms with Gasteiger partial charge in [0.1, 0.15) is 17.4 Å². The van der Waals surface area contributed by atoms with Gasteiger partial charge in [0.25, 0.3) is 6.02 Å². The van der Waals surface area contributed by atoms with Crippen molar-refractivity contribution in [2.45, 2.75) is 12.6 Å². The molecule has 4 aromatic rings. The first-order valence-corrected chi connectivity index (χ1v) is 11.0. The Labute approximate surface area is 207 Å². The van der Waals surface area contributed by atoms with Crippen LogP contribution in [0.4, 0.5) is 17.6 Å². The molecule has 37 heavy (non-hydrogen) atoms. The van der Waals surface area contributed by atoms with Crippen LogP contribution in [0.25, 0.3) is 28.0 Å². The van der Waals surface area contributed by atoms with E-state index in [0.717, 1.165) is 12.1 Å². The molecule has 3 aromatic carbocycles. The molecule has 0 spiro atoms. The number of aromatic amines is 1. The summed E-state index contributed by atoms with van der Waals surface area (Å²) in [5, 5.41) is 11.8. The molecule has 0 atom stereocenters. The molecule has 0 aliphatic carbocycles. The van der Waals surface area contributed by atoms with Crippen LogP contribution in [0.1, 0.15) is 16.7 Å². The van der Waals surface area contributed by atoms with Gasteiger partial charge in [0.2, 0.25) is 0 Å². The molecule has 1 aromatic heterocycles. The van der Waals surface area contributed by atoms with E-state index < -0.39 is 23.5 Å². The molecule has 7 nitrogen and oxygen atoms in total. The average molecular weight is 510 g/mol. The number of aliphatic imine (C=N–C) groups is 1. The highest BCUT2D eigenvalue weighted by Crippen LogP contribution is 2.32. The number of hydrogen-bond acceptors (Lipinski definition) is 5. The zero-order valence-corrected chi connectivity index (χ0v) is 18.9. The first kappa shape index (κ1) is 24.0. The van der Waals surface area contributed by atoms with Crippen molar-refractivity contribution in [3.63, 3.8) is 0 Å². The lowest BCUT2D eigenvalue weighted by Gasteiger charge is -2.16. The molecule has 0 fully saturated rings. The van der Waals surface area contributed by atoms with Crippen molar-refractivity contribution in [3.8, 4) is 17.1 Å². The van der Waals surface area contributed by atoms with E-state index in [1.54, 1.807) is 36.5 Å². The highest BCUT2D eigenvalue weighted by molar-refractivity contribution is 5.84. The second-order valence-electron chi connectivity index (χ2n) is 8.26. The fourth-order valence-corrected chi connectivity index (χ4v) is 3.86. The summed E-state index contributed by atoms with van der Waals surface area (Å²) >= 11 is 0. The maximum atomic E-state index is 15.0. The molecule has 0 amide bonds. The zero-order valence-electron chi connectivity index (χ0n) is 18.9. The van der Waals surface area contributed by atoms with Crippen LogP contribution in [0.3, 0.4) is 0 Å². The summed E-state index contributed by atoms with van der Waals surface area (Å²) in [6, 6.07) is 14.4. The van der Waals surface area contributed by atoms with Gasteiger partial charge in [-0.05, 0) is 59.2 Å². The van der Waals surface area contributed by atoms with Crippen molar-refractivity contribution >= 4 is 28.6 Å². The van der Waals surface area contributed by atoms with E-state index in [9.17, 15) is 22.4 Å². The standard InChI is InChI=1S/C26H18F4N4O3/c27-20-10-15(4-6-19(20)24-33-21-7-5-17(26(28,29)30)11-22(21)34-24)16-12-31-25(32-13-16)37-18-3-1-2-14(8-18)9-23(35)36/h1-8,10-12H,9,13H2,(H,31,32)(H,33,34)(H,35,36). The molecule has 0 saturated heterocycles. The van der Waals surface area contributed by atoms with E-state index in [1.165, 1.54) is 18.2 Å². The topological polar surface area (TPSA) is 99.6 Å². The van der Waals surface area contributed by atoms with Crippen LogP contribution in [-0.4, -0.2) is 33.6 Å². The molecule has 1 aliphatic heterocycles. The van der Waals surface area contributed by atoms with E-state index in [0.29, 0.717) is 28.0 Å². The van der Waals surface area contributed by atoms with E-state index in [-0.39, 0.29) is 35.9 Å². The average Bonchev–Trinajstić information content (AvgIpc) is 3.27. The number of fused-ring (bicyclic) bond motifs is 1. The van der Waals surface area contributed by atoms with E-state index >= 15 is 0 Å². The van der Waals surface area contributed by atoms with Crippen LogP contribution >= 0.6 is 0 Å². The van der Waals surface area contributed by atoms with Gasteiger partial charge in [-0.1, -0.05) is 18.2 Å². The Bertz CT molecular complexity index is 1570. The van der Waals surface area contributed by atoms with Crippen molar-refractivity contribution in [3.05, 3.63) is 89.4 Å². The first-order chi connectivity index (χ1) is 17.7. The Hall–Kier alpha value is -4.67. The molecule has 0 unspecified atom stereocenters. The molecule has 5 rings (SSSR count). The fraction of sp³-hybridized carbons (Fsp3) is 0.115. The maximum Gasteiger partial charge on any atom is 0.416 e. The van der Waals surface area contributed by atoms with Crippen molar-refractivity contribution in [1.29, 1.82) is 0 Å². The largest absolute Gasteiger partial charge is 0.481 e. The fourth-order valence-electron chi connectivity index (χ4n) is 3.86. The highest BCUT2D eigenvalue weighted by atomic mass is 19.4. The lowest BCUT2D eigenvalue weighted by Crippen LogP contribution is -2.28. The summed E-state index contributed by atoms with van der Waals surface area (Å²) in [5.74, 6) is -1.01. The summed E-state index contributed by atoms with van der Waals surface area (Å²) in [6.45, 7) is 0.195. The van der Waals surface area contributed by atoms with Gasteiger partial charge in [-0.25, -0.2) is 14.4 Å². The van der Waals surface area contributed by atoms with Crippen LogP contribution in [0.15, 0.2) is 71.9 Å². The predicted octanol–water partition coefficient (Wildman–Crippen LogP) is 5.39. The molecular weight excluding hydrogens is 492 g/mol. The van der Waals surface area contributed by atoms with Gasteiger partial charge < -0.3 is 20.1 Å². The zero-order chi connectivity index (χ0) is 26.2. The molecule has 1 aliphatic rings. The van der Waals surface area contributed by atoms with Crippen LogP contribution in [0, 0.1) is 5.82 Å². The van der Waals surface area contributed by atoms with Crippen LogP contribution < -0.4 is 10.1 Å². The molecule has 3 N–H and O–H groups in total. The van der Waals surface area contributed by atoms with Gasteiger partial charge in [-0.15, -0.1) is 0 Å². The second kappa shape index (κ2) is 9.41. The van der Waals surface area contributed by atoms with Crippen LogP contribution in [0.2, 0.25) is 0 Å². The number of ether oxygens (including phenoxy) is 1. The molecule has 2 heterocycles. The molecular formula is C26H18F4N4O3. The normalized spacial score (nSPS) is 13.6. The summed E-state index contributed by atoms with van der Waals surface area (Å²) in [5.41, 5.74) is 1.56. The molecule has 0 bridgehead atoms. The highest BCUT2D eigenvalue weighted by Gasteiger charge is 2.30. The summed E-state index contributed by atoms with van der Waals surface area (Å²) < 4.78 is 59.6. The minimum absolute atomic E-state index is 0.117. The Morgan fingerprint density at radius 1 is 1.08 bits per heavy atom. The van der Waals surface area contributed by atoms with Crippen molar-refractivity contribution in [2.24, 2.45) is 4.99 Å². The Morgan fingerprint density at radius 3 is 2.62 bits per heavy atom. The Kier molecular flexibility index (Phi) is 6.12. The monoisotopic (exact) mass is 510 g/mol. The molecule has 0 radical (unpaired) electrons. The van der Waals surface area contributed by atoms with Gasteiger partial charge in [0.15, 0.2) is 0 Å². The summed E-state index contributed by atoms with van der Waals surface area (Å²) in [7, 11) is 0. The third-order valence-corrected chi connectivity index (χ3v) is 5.64. The second-order valence-corrected chi connectivity index (χ2v) is 8.26. The van der Waals surface area contributed by atoms with Crippen molar-refractivity contribution < 1.29 is 32.2 Å². The van der Waals surface area contributed by atoms with E-state index in [4.69, 9.17) is 9.84 Å². The maximum absolute atomic E-state index is 15.0. The minimum atomic E-state index is -4.49. The third-order valence-electron chi connectivity index (χ3n) is 5.64. The van der Waals surface area contributed by atoms with E-state index in [2.05, 4.69) is 20.3 Å². The predicted molar refractivity (Wildman–Crippen MR) is 128 cm³/mol. The Morgan fingerprint density at radius 2 is 1.92 bits per heavy atom. The number of alkyl halides is 3. The number of carbonyl (C=O) groups is 1. The number of hydrogen-bond donors (Lipinski definition) is 3. The number of H-pyrrole nitrogens is 1. The van der Waals surface area contributed by atoms with Crippen molar-refractivity contribution in [2.75, 3.05) is 6.54 Å². The summed E-state index contributed by atoms with van der Waals surface area (Å²) in [6.07, 6.45) is -3.00. The lowest BCUT2D eigenvalue weighted by molar-refractivity contribution is -0.138. The first-order valence-electron chi connectivity index (χ1n) is 11.0. The SMILES string of the molecule is O=C(O)Cc1cccc(OC2=NCC(c3ccc(-c4nc5ccc(C(F)(F)F)cc5[nH]4)c(F)c3)=CN2)c1. The summed E-state index contributed by atoms with van der Waals surface area (Å²) in [4.78, 5) is 22.2. The number of rotatable bonds is 5. The molecule has 188 valence electrons. The Balaban J connectivity index is 1.30. The number of aromatic nitrogens is 2. The lowest BCUT2D eigenvalue weighted by atomic mass is 10.0. The smallest absolute Gasteiger partial charge is 0.416 e. The van der Waals surface area contributed by atoms with Gasteiger partial charge in [0.05, 0.1) is 35.1 Å². The quantitative estimate of drug-likeness (QED) is 0.313.